The first kappa shape index (κ1) is 12.7. The van der Waals surface area contributed by atoms with Crippen LogP contribution in [0.2, 0.25) is 0 Å². The number of hydrogen-bond donors (Lipinski definition) is 2. The van der Waals surface area contributed by atoms with Crippen LogP contribution < -0.4 is 10.6 Å². The molecule has 0 radical (unpaired) electrons. The standard InChI is InChI=1S/C17H18N2O/c20-17-16(18-14-9-5-2-6-10-14)12-15(19-17)11-13-7-3-1-4-8-13/h1-10,15-16,18H,11-12H2,(H,19,20)/t15-,16?/m0/s1. The van der Waals surface area contributed by atoms with Gasteiger partial charge in [-0.25, -0.2) is 0 Å². The van der Waals surface area contributed by atoms with E-state index in [0.29, 0.717) is 0 Å². The molecule has 0 aromatic heterocycles. The Morgan fingerprint density at radius 3 is 2.35 bits per heavy atom. The minimum atomic E-state index is -0.133. The first-order valence-electron chi connectivity index (χ1n) is 6.97. The maximum absolute atomic E-state index is 12.0. The van der Waals surface area contributed by atoms with Gasteiger partial charge in [0.05, 0.1) is 0 Å². The molecule has 20 heavy (non-hydrogen) atoms. The van der Waals surface area contributed by atoms with Gasteiger partial charge in [0.1, 0.15) is 6.04 Å². The summed E-state index contributed by atoms with van der Waals surface area (Å²) < 4.78 is 0. The number of anilines is 1. The maximum Gasteiger partial charge on any atom is 0.242 e. The second-order valence-corrected chi connectivity index (χ2v) is 5.19. The molecule has 102 valence electrons. The van der Waals surface area contributed by atoms with Crippen molar-refractivity contribution in [2.45, 2.75) is 24.9 Å². The lowest BCUT2D eigenvalue weighted by atomic mass is 10.0. The molecule has 1 saturated heterocycles. The van der Waals surface area contributed by atoms with Crippen molar-refractivity contribution in [2.75, 3.05) is 5.32 Å². The van der Waals surface area contributed by atoms with E-state index in [4.69, 9.17) is 0 Å². The molecule has 3 heteroatoms. The van der Waals surface area contributed by atoms with Gasteiger partial charge in [-0.05, 0) is 30.5 Å². The van der Waals surface area contributed by atoms with E-state index in [1.165, 1.54) is 5.56 Å². The molecule has 0 spiro atoms. The van der Waals surface area contributed by atoms with Crippen LogP contribution in [0.3, 0.4) is 0 Å². The molecule has 1 aliphatic heterocycles. The first-order chi connectivity index (χ1) is 9.81. The largest absolute Gasteiger partial charge is 0.374 e. The first-order valence-corrected chi connectivity index (χ1v) is 6.97. The molecule has 1 aliphatic rings. The minimum Gasteiger partial charge on any atom is -0.374 e. The molecule has 1 heterocycles. The quantitative estimate of drug-likeness (QED) is 0.893. The van der Waals surface area contributed by atoms with Crippen LogP contribution >= 0.6 is 0 Å². The summed E-state index contributed by atoms with van der Waals surface area (Å²) in [6.45, 7) is 0. The Morgan fingerprint density at radius 2 is 1.65 bits per heavy atom. The molecule has 3 nitrogen and oxygen atoms in total. The zero-order valence-corrected chi connectivity index (χ0v) is 11.3. The van der Waals surface area contributed by atoms with E-state index >= 15 is 0 Å². The van der Waals surface area contributed by atoms with Crippen molar-refractivity contribution in [3.8, 4) is 0 Å². The van der Waals surface area contributed by atoms with Gasteiger partial charge < -0.3 is 10.6 Å². The van der Waals surface area contributed by atoms with Crippen LogP contribution in [0.4, 0.5) is 5.69 Å². The van der Waals surface area contributed by atoms with Crippen molar-refractivity contribution in [3.05, 3.63) is 66.2 Å². The van der Waals surface area contributed by atoms with Gasteiger partial charge in [0, 0.05) is 11.7 Å². The Balaban J connectivity index is 1.61. The van der Waals surface area contributed by atoms with E-state index in [-0.39, 0.29) is 18.0 Å². The summed E-state index contributed by atoms with van der Waals surface area (Å²) >= 11 is 0. The van der Waals surface area contributed by atoms with Gasteiger partial charge in [-0.1, -0.05) is 48.5 Å². The Bertz CT molecular complexity index is 568. The number of carbonyl (C=O) groups is 1. The molecule has 0 bridgehead atoms. The van der Waals surface area contributed by atoms with E-state index in [0.717, 1.165) is 18.5 Å². The molecule has 0 aliphatic carbocycles. The predicted octanol–water partition coefficient (Wildman–Crippen LogP) is 2.60. The van der Waals surface area contributed by atoms with E-state index in [1.54, 1.807) is 0 Å². The summed E-state index contributed by atoms with van der Waals surface area (Å²) in [5, 5.41) is 6.37. The molecule has 2 aromatic rings. The van der Waals surface area contributed by atoms with Crippen LogP contribution in [0.15, 0.2) is 60.7 Å². The lowest BCUT2D eigenvalue weighted by Crippen LogP contribution is -2.31. The fourth-order valence-corrected chi connectivity index (χ4v) is 2.65. The predicted molar refractivity (Wildman–Crippen MR) is 80.5 cm³/mol. The highest BCUT2D eigenvalue weighted by Gasteiger charge is 2.31. The summed E-state index contributed by atoms with van der Waals surface area (Å²) in [7, 11) is 0. The summed E-state index contributed by atoms with van der Waals surface area (Å²) in [5.41, 5.74) is 2.26. The summed E-state index contributed by atoms with van der Waals surface area (Å²) in [5.74, 6) is 0.0924. The summed E-state index contributed by atoms with van der Waals surface area (Å²) in [6, 6.07) is 20.2. The number of benzene rings is 2. The molecule has 1 unspecified atom stereocenters. The van der Waals surface area contributed by atoms with Crippen LogP contribution in [-0.4, -0.2) is 18.0 Å². The zero-order chi connectivity index (χ0) is 13.8. The van der Waals surface area contributed by atoms with Crippen LogP contribution in [0, 0.1) is 0 Å². The van der Waals surface area contributed by atoms with Gasteiger partial charge >= 0.3 is 0 Å². The highest BCUT2D eigenvalue weighted by atomic mass is 16.2. The van der Waals surface area contributed by atoms with E-state index in [9.17, 15) is 4.79 Å². The second kappa shape index (κ2) is 5.78. The average Bonchev–Trinajstić information content (AvgIpc) is 2.81. The normalized spacial score (nSPS) is 21.5. The molecule has 2 atom stereocenters. The van der Waals surface area contributed by atoms with Gasteiger partial charge in [0.25, 0.3) is 0 Å². The fraction of sp³-hybridized carbons (Fsp3) is 0.235. The number of amides is 1. The van der Waals surface area contributed by atoms with Crippen LogP contribution in [0.5, 0.6) is 0 Å². The van der Waals surface area contributed by atoms with Crippen LogP contribution in [0.1, 0.15) is 12.0 Å². The van der Waals surface area contributed by atoms with Crippen molar-refractivity contribution < 1.29 is 4.79 Å². The van der Waals surface area contributed by atoms with Gasteiger partial charge in [0.15, 0.2) is 0 Å². The van der Waals surface area contributed by atoms with E-state index in [2.05, 4.69) is 22.8 Å². The van der Waals surface area contributed by atoms with Crippen molar-refractivity contribution in [1.82, 2.24) is 5.32 Å². The zero-order valence-electron chi connectivity index (χ0n) is 11.3. The third kappa shape index (κ3) is 2.99. The minimum absolute atomic E-state index is 0.0924. The third-order valence-electron chi connectivity index (χ3n) is 3.62. The monoisotopic (exact) mass is 266 g/mol. The molecule has 2 aromatic carbocycles. The van der Waals surface area contributed by atoms with Crippen molar-refractivity contribution in [1.29, 1.82) is 0 Å². The number of rotatable bonds is 4. The second-order valence-electron chi connectivity index (χ2n) is 5.19. The smallest absolute Gasteiger partial charge is 0.242 e. The molecule has 2 N–H and O–H groups in total. The third-order valence-corrected chi connectivity index (χ3v) is 3.62. The molecular weight excluding hydrogens is 248 g/mol. The topological polar surface area (TPSA) is 41.1 Å². The van der Waals surface area contributed by atoms with Gasteiger partial charge in [0.2, 0.25) is 5.91 Å². The highest BCUT2D eigenvalue weighted by Crippen LogP contribution is 2.17. The highest BCUT2D eigenvalue weighted by molar-refractivity contribution is 5.87. The van der Waals surface area contributed by atoms with Crippen LogP contribution in [0.25, 0.3) is 0 Å². The molecule has 3 rings (SSSR count). The van der Waals surface area contributed by atoms with Gasteiger partial charge in [-0.2, -0.15) is 0 Å². The Hall–Kier alpha value is -2.29. The van der Waals surface area contributed by atoms with Gasteiger partial charge in [-0.15, -0.1) is 0 Å². The number of para-hydroxylation sites is 1. The Kier molecular flexibility index (Phi) is 3.68. The lowest BCUT2D eigenvalue weighted by Gasteiger charge is -2.12. The lowest BCUT2D eigenvalue weighted by molar-refractivity contribution is -0.120. The van der Waals surface area contributed by atoms with Crippen LogP contribution in [-0.2, 0) is 11.2 Å². The average molecular weight is 266 g/mol. The summed E-state index contributed by atoms with van der Waals surface area (Å²) in [4.78, 5) is 12.0. The number of hydrogen-bond acceptors (Lipinski definition) is 2. The maximum atomic E-state index is 12.0. The van der Waals surface area contributed by atoms with Crippen molar-refractivity contribution in [3.63, 3.8) is 0 Å². The van der Waals surface area contributed by atoms with Crippen molar-refractivity contribution in [2.24, 2.45) is 0 Å². The molecule has 1 amide bonds. The molecular formula is C17H18N2O. The molecule has 1 fully saturated rings. The van der Waals surface area contributed by atoms with E-state index in [1.807, 2.05) is 48.5 Å². The SMILES string of the molecule is O=C1N[C@@H](Cc2ccccc2)CC1Nc1ccccc1. The van der Waals surface area contributed by atoms with E-state index < -0.39 is 0 Å². The number of carbonyl (C=O) groups excluding carboxylic acids is 1. The summed E-state index contributed by atoms with van der Waals surface area (Å²) in [6.07, 6.45) is 1.71. The van der Waals surface area contributed by atoms with Gasteiger partial charge in [-0.3, -0.25) is 4.79 Å². The Morgan fingerprint density at radius 1 is 1.00 bits per heavy atom. The fourth-order valence-electron chi connectivity index (χ4n) is 2.65. The Labute approximate surface area is 119 Å². The number of nitrogens with one attached hydrogen (secondary N) is 2. The van der Waals surface area contributed by atoms with Crippen molar-refractivity contribution >= 4 is 11.6 Å². The molecule has 0 saturated carbocycles.